The van der Waals surface area contributed by atoms with Gasteiger partial charge in [-0.15, -0.1) is 0 Å². The number of para-hydroxylation sites is 1. The van der Waals surface area contributed by atoms with E-state index in [0.717, 1.165) is 67.2 Å². The molecule has 4 fully saturated rings. The highest BCUT2D eigenvalue weighted by molar-refractivity contribution is 6.06. The first-order valence-electron chi connectivity index (χ1n) is 21.3. The Bertz CT molecular complexity index is 3040. The fraction of sp³-hybridized carbons (Fsp3) is 0.182. The molecule has 9 aromatic rings. The van der Waals surface area contributed by atoms with Crippen molar-refractivity contribution in [2.75, 3.05) is 0 Å². The van der Waals surface area contributed by atoms with E-state index in [0.29, 0.717) is 29.3 Å². The van der Waals surface area contributed by atoms with E-state index in [4.69, 9.17) is 19.4 Å². The smallest absolute Gasteiger partial charge is 0.164 e. The van der Waals surface area contributed by atoms with Crippen LogP contribution in [0.2, 0.25) is 0 Å². The van der Waals surface area contributed by atoms with Crippen molar-refractivity contribution in [3.63, 3.8) is 0 Å². The van der Waals surface area contributed by atoms with Gasteiger partial charge in [0.2, 0.25) is 0 Å². The molecule has 7 aromatic carbocycles. The second-order valence-corrected chi connectivity index (χ2v) is 17.6. The maximum absolute atomic E-state index is 6.43. The monoisotopic (exact) mass is 759 g/mol. The summed E-state index contributed by atoms with van der Waals surface area (Å²) in [7, 11) is 0. The quantitative estimate of drug-likeness (QED) is 0.175. The Morgan fingerprint density at radius 1 is 0.373 bits per heavy atom. The molecule has 4 nitrogen and oxygen atoms in total. The van der Waals surface area contributed by atoms with Crippen molar-refractivity contribution >= 4 is 21.9 Å². The second kappa shape index (κ2) is 12.7. The molecule has 2 heterocycles. The van der Waals surface area contributed by atoms with Gasteiger partial charge < -0.3 is 4.42 Å². The fourth-order valence-corrected chi connectivity index (χ4v) is 12.3. The SMILES string of the molecule is c1ccc(-c2nc(-c3ccccc3)nc(-c3cc(-c4ccc5c(c4)C4(c6ccccc6-5)C5CC6CC(C5)CC4C6)cc(-c4ccc5c(c4)oc4ccccc45)c3)n2)cc1. The molecule has 0 aliphatic heterocycles. The largest absolute Gasteiger partial charge is 0.456 e. The first-order chi connectivity index (χ1) is 29.2. The summed E-state index contributed by atoms with van der Waals surface area (Å²) >= 11 is 0. The predicted molar refractivity (Wildman–Crippen MR) is 238 cm³/mol. The van der Waals surface area contributed by atoms with Crippen molar-refractivity contribution in [3.05, 3.63) is 175 Å². The van der Waals surface area contributed by atoms with Crippen molar-refractivity contribution < 1.29 is 4.42 Å². The van der Waals surface area contributed by atoms with Crippen molar-refractivity contribution in [2.45, 2.75) is 37.5 Å². The minimum Gasteiger partial charge on any atom is -0.456 e. The van der Waals surface area contributed by atoms with Crippen LogP contribution in [0.3, 0.4) is 0 Å². The number of fused-ring (bicyclic) bond motifs is 6. The number of rotatable bonds is 5. The minimum atomic E-state index is 0.0888. The van der Waals surface area contributed by atoms with Crippen molar-refractivity contribution in [1.29, 1.82) is 0 Å². The van der Waals surface area contributed by atoms with Crippen LogP contribution in [0, 0.1) is 23.7 Å². The summed E-state index contributed by atoms with van der Waals surface area (Å²) in [5.74, 6) is 5.16. The van der Waals surface area contributed by atoms with E-state index in [1.807, 2.05) is 48.5 Å². The normalized spacial score (nSPS) is 22.3. The number of hydrogen-bond acceptors (Lipinski definition) is 4. The molecular weight excluding hydrogens is 719 g/mol. The molecular formula is C55H41N3O. The van der Waals surface area contributed by atoms with Gasteiger partial charge in [-0.05, 0) is 143 Å². The Hall–Kier alpha value is -6.65. The van der Waals surface area contributed by atoms with Gasteiger partial charge in [0.25, 0.3) is 0 Å². The van der Waals surface area contributed by atoms with E-state index in [-0.39, 0.29) is 5.41 Å². The molecule has 5 aliphatic rings. The van der Waals surface area contributed by atoms with E-state index in [1.165, 1.54) is 48.8 Å². The lowest BCUT2D eigenvalue weighted by molar-refractivity contribution is -0.0399. The Balaban J connectivity index is 1.03. The van der Waals surface area contributed by atoms with Gasteiger partial charge in [-0.3, -0.25) is 0 Å². The highest BCUT2D eigenvalue weighted by atomic mass is 16.3. The Morgan fingerprint density at radius 3 is 1.59 bits per heavy atom. The van der Waals surface area contributed by atoms with Gasteiger partial charge >= 0.3 is 0 Å². The number of aromatic nitrogens is 3. The Labute approximate surface area is 343 Å². The lowest BCUT2D eigenvalue weighted by Crippen LogP contribution is -2.55. The van der Waals surface area contributed by atoms with Gasteiger partial charge in [-0.2, -0.15) is 0 Å². The molecule has 0 saturated heterocycles. The van der Waals surface area contributed by atoms with E-state index >= 15 is 0 Å². The highest BCUT2D eigenvalue weighted by Crippen LogP contribution is 2.69. The van der Waals surface area contributed by atoms with Crippen LogP contribution in [0.25, 0.3) is 89.5 Å². The van der Waals surface area contributed by atoms with Crippen molar-refractivity contribution in [2.24, 2.45) is 23.7 Å². The van der Waals surface area contributed by atoms with Crippen molar-refractivity contribution in [1.82, 2.24) is 15.0 Å². The summed E-state index contributed by atoms with van der Waals surface area (Å²) in [6.07, 6.45) is 6.90. The second-order valence-electron chi connectivity index (χ2n) is 17.6. The summed E-state index contributed by atoms with van der Waals surface area (Å²) in [6, 6.07) is 59.1. The molecule has 14 rings (SSSR count). The van der Waals surface area contributed by atoms with E-state index in [1.54, 1.807) is 11.1 Å². The van der Waals surface area contributed by atoms with Gasteiger partial charge in [0.1, 0.15) is 11.2 Å². The molecule has 2 aromatic heterocycles. The third-order valence-electron chi connectivity index (χ3n) is 14.5. The fourth-order valence-electron chi connectivity index (χ4n) is 12.3. The molecule has 0 atom stereocenters. The average Bonchev–Trinajstić information content (AvgIpc) is 3.81. The lowest BCUT2D eigenvalue weighted by atomic mass is 9.43. The minimum absolute atomic E-state index is 0.0888. The Morgan fingerprint density at radius 2 is 0.898 bits per heavy atom. The standard InChI is InChI=1S/C55H41N3O/c1-3-11-35(12-4-1)52-56-53(36-13-5-2-6-14-36)58-54(57-52)41-29-39(28-40(30-41)38-20-22-47-46-16-8-10-18-50(46)59-51(47)32-38)37-19-21-45-44-15-7-9-17-48(44)55(49(45)31-37)42-24-33-23-34(26-42)27-43(55)25-33/h1-22,28-34,42-43H,23-27H2. The van der Waals surface area contributed by atoms with Gasteiger partial charge in [-0.1, -0.05) is 121 Å². The molecule has 0 radical (unpaired) electrons. The average molecular weight is 760 g/mol. The van der Waals surface area contributed by atoms with Crippen LogP contribution in [0.1, 0.15) is 43.2 Å². The van der Waals surface area contributed by atoms with Gasteiger partial charge in [0.15, 0.2) is 17.5 Å². The van der Waals surface area contributed by atoms with Gasteiger partial charge in [-0.25, -0.2) is 15.0 Å². The summed E-state index contributed by atoms with van der Waals surface area (Å²) in [4.78, 5) is 15.4. The highest BCUT2D eigenvalue weighted by Gasteiger charge is 2.61. The first-order valence-corrected chi connectivity index (χ1v) is 21.3. The summed E-state index contributed by atoms with van der Waals surface area (Å²) in [6.45, 7) is 0. The van der Waals surface area contributed by atoms with E-state index in [9.17, 15) is 0 Å². The molecule has 4 saturated carbocycles. The van der Waals surface area contributed by atoms with Gasteiger partial charge in [0.05, 0.1) is 0 Å². The van der Waals surface area contributed by atoms with Gasteiger partial charge in [0, 0.05) is 32.9 Å². The first kappa shape index (κ1) is 33.3. The molecule has 282 valence electrons. The molecule has 0 N–H and O–H groups in total. The molecule has 4 heteroatoms. The maximum atomic E-state index is 6.43. The molecule has 0 amide bonds. The number of hydrogen-bond donors (Lipinski definition) is 0. The van der Waals surface area contributed by atoms with Crippen LogP contribution in [0.15, 0.2) is 168 Å². The maximum Gasteiger partial charge on any atom is 0.164 e. The molecule has 0 unspecified atom stereocenters. The van der Waals surface area contributed by atoms with Crippen LogP contribution >= 0.6 is 0 Å². The molecule has 59 heavy (non-hydrogen) atoms. The van der Waals surface area contributed by atoms with Crippen molar-refractivity contribution in [3.8, 4) is 67.5 Å². The number of benzene rings is 7. The van der Waals surface area contributed by atoms with E-state index < -0.39 is 0 Å². The van der Waals surface area contributed by atoms with Crippen LogP contribution < -0.4 is 0 Å². The summed E-state index contributed by atoms with van der Waals surface area (Å²) < 4.78 is 6.43. The van der Waals surface area contributed by atoms with Crippen LogP contribution in [-0.2, 0) is 5.41 Å². The number of furan rings is 1. The molecule has 4 bridgehead atoms. The van der Waals surface area contributed by atoms with Crippen LogP contribution in [0.4, 0.5) is 0 Å². The molecule has 1 spiro atoms. The zero-order chi connectivity index (χ0) is 38.7. The number of nitrogens with zero attached hydrogens (tertiary/aromatic N) is 3. The van der Waals surface area contributed by atoms with E-state index in [2.05, 4.69) is 115 Å². The predicted octanol–water partition coefficient (Wildman–Crippen LogP) is 13.8. The third-order valence-corrected chi connectivity index (χ3v) is 14.5. The summed E-state index contributed by atoms with van der Waals surface area (Å²) in [5, 5.41) is 2.26. The zero-order valence-corrected chi connectivity index (χ0v) is 32.7. The topological polar surface area (TPSA) is 51.8 Å². The summed E-state index contributed by atoms with van der Waals surface area (Å²) in [5.41, 5.74) is 15.3. The lowest BCUT2D eigenvalue weighted by Gasteiger charge is -2.61. The Kier molecular flexibility index (Phi) is 7.16. The molecule has 5 aliphatic carbocycles. The zero-order valence-electron chi connectivity index (χ0n) is 32.7. The van der Waals surface area contributed by atoms with Crippen LogP contribution in [-0.4, -0.2) is 15.0 Å². The third kappa shape index (κ3) is 5.05. The van der Waals surface area contributed by atoms with Crippen LogP contribution in [0.5, 0.6) is 0 Å².